The molecule has 2 aromatic carbocycles. The zero-order chi connectivity index (χ0) is 17.3. The number of amides is 1. The predicted octanol–water partition coefficient (Wildman–Crippen LogP) is 4.68. The van der Waals surface area contributed by atoms with Gasteiger partial charge in [0, 0.05) is 10.9 Å². The van der Waals surface area contributed by atoms with Crippen LogP contribution in [0.15, 0.2) is 54.6 Å². The van der Waals surface area contributed by atoms with Crippen molar-refractivity contribution in [3.8, 4) is 0 Å². The molecule has 0 spiro atoms. The Morgan fingerprint density at radius 2 is 1.75 bits per heavy atom. The lowest BCUT2D eigenvalue weighted by Crippen LogP contribution is -2.26. The van der Waals surface area contributed by atoms with E-state index in [4.69, 9.17) is 0 Å². The largest absolute Gasteiger partial charge is 0.416 e. The van der Waals surface area contributed by atoms with Gasteiger partial charge in [0.05, 0.1) is 11.6 Å². The van der Waals surface area contributed by atoms with Crippen molar-refractivity contribution in [2.75, 3.05) is 0 Å². The molecule has 1 aromatic heterocycles. The number of alkyl halides is 3. The summed E-state index contributed by atoms with van der Waals surface area (Å²) in [6.45, 7) is 1.73. The molecule has 1 heterocycles. The lowest BCUT2D eigenvalue weighted by Gasteiger charge is -2.15. The standard InChI is InChI=1S/C18H15F3N2O/c1-11(12-6-8-14(9-7-12)18(19,20)21)22-17(24)16-10-13-4-2-3-5-15(13)23-16/h2-11,23H,1H3,(H,22,24)/t11-/m0/s1. The predicted molar refractivity (Wildman–Crippen MR) is 85.6 cm³/mol. The Morgan fingerprint density at radius 1 is 1.08 bits per heavy atom. The zero-order valence-electron chi connectivity index (χ0n) is 12.8. The van der Waals surface area contributed by atoms with E-state index in [9.17, 15) is 18.0 Å². The third-order valence-electron chi connectivity index (χ3n) is 3.86. The van der Waals surface area contributed by atoms with Crippen LogP contribution in [-0.2, 0) is 6.18 Å². The monoisotopic (exact) mass is 332 g/mol. The van der Waals surface area contributed by atoms with Crippen molar-refractivity contribution in [3.63, 3.8) is 0 Å². The highest BCUT2D eigenvalue weighted by atomic mass is 19.4. The van der Waals surface area contributed by atoms with Gasteiger partial charge in [-0.3, -0.25) is 4.79 Å². The third-order valence-corrected chi connectivity index (χ3v) is 3.86. The van der Waals surface area contributed by atoms with E-state index < -0.39 is 17.8 Å². The molecule has 24 heavy (non-hydrogen) atoms. The zero-order valence-corrected chi connectivity index (χ0v) is 12.8. The molecule has 0 saturated carbocycles. The van der Waals surface area contributed by atoms with Gasteiger partial charge in [-0.15, -0.1) is 0 Å². The van der Waals surface area contributed by atoms with E-state index in [-0.39, 0.29) is 5.91 Å². The number of nitrogens with one attached hydrogen (secondary N) is 2. The van der Waals surface area contributed by atoms with Crippen LogP contribution >= 0.6 is 0 Å². The van der Waals surface area contributed by atoms with E-state index in [0.717, 1.165) is 23.0 Å². The molecule has 124 valence electrons. The highest BCUT2D eigenvalue weighted by Crippen LogP contribution is 2.30. The molecule has 1 atom stereocenters. The maximum Gasteiger partial charge on any atom is 0.416 e. The number of aromatic nitrogens is 1. The normalized spacial score (nSPS) is 13.0. The molecule has 3 rings (SSSR count). The van der Waals surface area contributed by atoms with Gasteiger partial charge < -0.3 is 10.3 Å². The molecule has 3 nitrogen and oxygen atoms in total. The van der Waals surface area contributed by atoms with Crippen LogP contribution in [-0.4, -0.2) is 10.9 Å². The van der Waals surface area contributed by atoms with Crippen molar-refractivity contribution in [2.24, 2.45) is 0 Å². The summed E-state index contributed by atoms with van der Waals surface area (Å²) in [7, 11) is 0. The topological polar surface area (TPSA) is 44.9 Å². The molecule has 2 N–H and O–H groups in total. The van der Waals surface area contributed by atoms with Gasteiger partial charge in [-0.1, -0.05) is 30.3 Å². The number of aromatic amines is 1. The van der Waals surface area contributed by atoms with E-state index in [1.807, 2.05) is 24.3 Å². The summed E-state index contributed by atoms with van der Waals surface area (Å²) in [6, 6.07) is 13.6. The molecule has 0 aliphatic carbocycles. The second-order valence-electron chi connectivity index (χ2n) is 5.59. The SMILES string of the molecule is C[C@H](NC(=O)c1cc2ccccc2[nH]1)c1ccc(C(F)(F)F)cc1. The van der Waals surface area contributed by atoms with Gasteiger partial charge in [0.15, 0.2) is 0 Å². The van der Waals surface area contributed by atoms with Gasteiger partial charge >= 0.3 is 6.18 Å². The maximum atomic E-state index is 12.6. The summed E-state index contributed by atoms with van der Waals surface area (Å²) < 4.78 is 37.7. The molecule has 0 aliphatic rings. The fourth-order valence-electron chi connectivity index (χ4n) is 2.51. The molecule has 0 aliphatic heterocycles. The summed E-state index contributed by atoms with van der Waals surface area (Å²) in [4.78, 5) is 15.3. The van der Waals surface area contributed by atoms with Gasteiger partial charge in [-0.05, 0) is 36.8 Å². The van der Waals surface area contributed by atoms with Crippen LogP contribution in [0.1, 0.15) is 34.6 Å². The van der Waals surface area contributed by atoms with E-state index in [1.54, 1.807) is 13.0 Å². The number of H-pyrrole nitrogens is 1. The van der Waals surface area contributed by atoms with Crippen molar-refractivity contribution >= 4 is 16.8 Å². The van der Waals surface area contributed by atoms with Crippen LogP contribution in [0.25, 0.3) is 10.9 Å². The third kappa shape index (κ3) is 3.27. The number of carbonyl (C=O) groups is 1. The highest BCUT2D eigenvalue weighted by Gasteiger charge is 2.30. The Hall–Kier alpha value is -2.76. The summed E-state index contributed by atoms with van der Waals surface area (Å²) in [5, 5.41) is 3.70. The van der Waals surface area contributed by atoms with Gasteiger partial charge in [0.2, 0.25) is 0 Å². The lowest BCUT2D eigenvalue weighted by molar-refractivity contribution is -0.137. The summed E-state index contributed by atoms with van der Waals surface area (Å²) >= 11 is 0. The minimum Gasteiger partial charge on any atom is -0.351 e. The smallest absolute Gasteiger partial charge is 0.351 e. The molecule has 0 fully saturated rings. The second-order valence-corrected chi connectivity index (χ2v) is 5.59. The minimum absolute atomic E-state index is 0.307. The van der Waals surface area contributed by atoms with E-state index in [0.29, 0.717) is 11.3 Å². The van der Waals surface area contributed by atoms with Gasteiger partial charge in [-0.25, -0.2) is 0 Å². The number of hydrogen-bond donors (Lipinski definition) is 2. The second kappa shape index (κ2) is 6.03. The first-order valence-electron chi connectivity index (χ1n) is 7.40. The van der Waals surface area contributed by atoms with Crippen molar-refractivity contribution < 1.29 is 18.0 Å². The van der Waals surface area contributed by atoms with Crippen LogP contribution in [0.3, 0.4) is 0 Å². The molecule has 0 bridgehead atoms. The van der Waals surface area contributed by atoms with Crippen LogP contribution in [0.2, 0.25) is 0 Å². The quantitative estimate of drug-likeness (QED) is 0.719. The average Bonchev–Trinajstić information content (AvgIpc) is 2.98. The molecule has 1 amide bonds. The Bertz CT molecular complexity index is 833. The first-order valence-corrected chi connectivity index (χ1v) is 7.40. The Balaban J connectivity index is 1.74. The lowest BCUT2D eigenvalue weighted by atomic mass is 10.1. The van der Waals surface area contributed by atoms with Gasteiger partial charge in [0.1, 0.15) is 5.69 Å². The number of halogens is 3. The van der Waals surface area contributed by atoms with Crippen molar-refractivity contribution in [1.29, 1.82) is 0 Å². The molecule has 0 radical (unpaired) electrons. The number of hydrogen-bond acceptors (Lipinski definition) is 1. The van der Waals surface area contributed by atoms with Crippen LogP contribution in [0.5, 0.6) is 0 Å². The van der Waals surface area contributed by atoms with Crippen molar-refractivity contribution in [2.45, 2.75) is 19.1 Å². The number of para-hydroxylation sites is 1. The highest BCUT2D eigenvalue weighted by molar-refractivity contribution is 5.98. The number of benzene rings is 2. The molecular weight excluding hydrogens is 317 g/mol. The van der Waals surface area contributed by atoms with Crippen LogP contribution in [0.4, 0.5) is 13.2 Å². The van der Waals surface area contributed by atoms with E-state index >= 15 is 0 Å². The fraction of sp³-hybridized carbons (Fsp3) is 0.167. The number of rotatable bonds is 3. The molecule has 0 unspecified atom stereocenters. The minimum atomic E-state index is -4.37. The van der Waals surface area contributed by atoms with E-state index in [1.165, 1.54) is 12.1 Å². The fourth-order valence-corrected chi connectivity index (χ4v) is 2.51. The Labute approximate surface area is 136 Å². The summed E-state index contributed by atoms with van der Waals surface area (Å²) in [5.41, 5.74) is 1.16. The van der Waals surface area contributed by atoms with Gasteiger partial charge in [0.25, 0.3) is 5.91 Å². The number of carbonyl (C=O) groups excluding carboxylic acids is 1. The maximum absolute atomic E-state index is 12.6. The first kappa shape index (κ1) is 16.1. The van der Waals surface area contributed by atoms with Crippen molar-refractivity contribution in [3.05, 3.63) is 71.4 Å². The Kier molecular flexibility index (Phi) is 4.05. The van der Waals surface area contributed by atoms with Crippen molar-refractivity contribution in [1.82, 2.24) is 10.3 Å². The summed E-state index contributed by atoms with van der Waals surface area (Å²) in [6.07, 6.45) is -4.37. The molecular formula is C18H15F3N2O. The first-order chi connectivity index (χ1) is 11.3. The molecule has 3 aromatic rings. The number of fused-ring (bicyclic) bond motifs is 1. The average molecular weight is 332 g/mol. The Morgan fingerprint density at radius 3 is 2.38 bits per heavy atom. The summed E-state index contributed by atoms with van der Waals surface area (Å²) in [5.74, 6) is -0.307. The van der Waals surface area contributed by atoms with Gasteiger partial charge in [-0.2, -0.15) is 13.2 Å². The van der Waals surface area contributed by atoms with E-state index in [2.05, 4.69) is 10.3 Å². The van der Waals surface area contributed by atoms with Crippen LogP contribution in [0, 0.1) is 0 Å². The van der Waals surface area contributed by atoms with Crippen LogP contribution < -0.4 is 5.32 Å². The molecule has 6 heteroatoms. The molecule has 0 saturated heterocycles.